The number of nitrogens with one attached hydrogen (secondary N) is 1. The van der Waals surface area contributed by atoms with Gasteiger partial charge in [0, 0.05) is 18.7 Å². The summed E-state index contributed by atoms with van der Waals surface area (Å²) >= 11 is 0. The Morgan fingerprint density at radius 2 is 1.72 bits per heavy atom. The average molecular weight is 363 g/mol. The van der Waals surface area contributed by atoms with E-state index in [-0.39, 0.29) is 10.8 Å². The van der Waals surface area contributed by atoms with Crippen LogP contribution in [0.2, 0.25) is 0 Å². The van der Waals surface area contributed by atoms with Crippen molar-refractivity contribution in [3.8, 4) is 6.07 Å². The number of sulfonamides is 1. The molecule has 0 aliphatic heterocycles. The summed E-state index contributed by atoms with van der Waals surface area (Å²) in [4.78, 5) is 12.6. The van der Waals surface area contributed by atoms with E-state index in [1.807, 2.05) is 0 Å². The van der Waals surface area contributed by atoms with E-state index in [1.165, 1.54) is 28.6 Å². The van der Waals surface area contributed by atoms with Crippen LogP contribution in [0.1, 0.15) is 56.3 Å². The van der Waals surface area contributed by atoms with Crippen LogP contribution < -0.4 is 5.32 Å². The largest absolute Gasteiger partial charge is 0.334 e. The topological polar surface area (TPSA) is 90.3 Å². The van der Waals surface area contributed by atoms with Crippen LogP contribution >= 0.6 is 0 Å². The predicted molar refractivity (Wildman–Crippen MR) is 95.4 cm³/mol. The molecular weight excluding hydrogens is 338 g/mol. The Kier molecular flexibility index (Phi) is 6.20. The molecule has 1 aliphatic rings. The SMILES string of the molecule is CCN(CC)S(=O)(=O)c1ccc(C(=O)NC2(C#N)CCCCC2)cc1. The number of carbonyl (C=O) groups excluding carboxylic acids is 1. The molecule has 0 aromatic heterocycles. The van der Waals surface area contributed by atoms with E-state index in [1.54, 1.807) is 13.8 Å². The number of hydrogen-bond acceptors (Lipinski definition) is 4. The number of nitrogens with zero attached hydrogens (tertiary/aromatic N) is 2. The maximum atomic E-state index is 12.5. The van der Waals surface area contributed by atoms with Crippen molar-refractivity contribution in [2.45, 2.75) is 56.4 Å². The van der Waals surface area contributed by atoms with Crippen LogP contribution in [0.4, 0.5) is 0 Å². The lowest BCUT2D eigenvalue weighted by molar-refractivity contribution is 0.0902. The van der Waals surface area contributed by atoms with E-state index in [0.717, 1.165) is 19.3 Å². The number of benzene rings is 1. The zero-order valence-electron chi connectivity index (χ0n) is 14.8. The third-order valence-corrected chi connectivity index (χ3v) is 6.80. The van der Waals surface area contributed by atoms with Crippen molar-refractivity contribution in [2.75, 3.05) is 13.1 Å². The Labute approximate surface area is 149 Å². The first-order chi connectivity index (χ1) is 11.9. The number of amides is 1. The monoisotopic (exact) mass is 363 g/mol. The van der Waals surface area contributed by atoms with E-state index in [0.29, 0.717) is 31.5 Å². The molecule has 136 valence electrons. The summed E-state index contributed by atoms with van der Waals surface area (Å²) in [6.07, 6.45) is 4.24. The van der Waals surface area contributed by atoms with Gasteiger partial charge in [-0.15, -0.1) is 0 Å². The molecule has 6 nitrogen and oxygen atoms in total. The van der Waals surface area contributed by atoms with Gasteiger partial charge in [0.15, 0.2) is 0 Å². The third-order valence-electron chi connectivity index (χ3n) is 4.73. The molecule has 0 bridgehead atoms. The Morgan fingerprint density at radius 3 is 2.20 bits per heavy atom. The lowest BCUT2D eigenvalue weighted by Crippen LogP contribution is -2.48. The fourth-order valence-electron chi connectivity index (χ4n) is 3.20. The zero-order chi connectivity index (χ0) is 18.5. The van der Waals surface area contributed by atoms with Crippen LogP contribution in [-0.4, -0.2) is 37.3 Å². The Bertz CT molecular complexity index is 741. The van der Waals surface area contributed by atoms with E-state index in [2.05, 4.69) is 11.4 Å². The molecule has 1 aliphatic carbocycles. The Balaban J connectivity index is 2.17. The standard InChI is InChI=1S/C18H25N3O3S/c1-3-21(4-2)25(23,24)16-10-8-15(9-11-16)17(22)20-18(14-19)12-6-5-7-13-18/h8-11H,3-7,12-13H2,1-2H3,(H,20,22). The van der Waals surface area contributed by atoms with E-state index >= 15 is 0 Å². The van der Waals surface area contributed by atoms with Gasteiger partial charge in [-0.1, -0.05) is 33.1 Å². The van der Waals surface area contributed by atoms with Crippen LogP contribution in [0, 0.1) is 11.3 Å². The van der Waals surface area contributed by atoms with E-state index in [4.69, 9.17) is 0 Å². The van der Waals surface area contributed by atoms with Gasteiger partial charge in [0.25, 0.3) is 5.91 Å². The molecule has 0 unspecified atom stereocenters. The van der Waals surface area contributed by atoms with Gasteiger partial charge in [-0.3, -0.25) is 4.79 Å². The summed E-state index contributed by atoms with van der Waals surface area (Å²) in [5.41, 5.74) is -0.444. The minimum Gasteiger partial charge on any atom is -0.334 e. The van der Waals surface area contributed by atoms with E-state index < -0.39 is 15.6 Å². The van der Waals surface area contributed by atoms with Gasteiger partial charge >= 0.3 is 0 Å². The summed E-state index contributed by atoms with van der Waals surface area (Å²) in [5.74, 6) is -0.338. The smallest absolute Gasteiger partial charge is 0.252 e. The number of hydrogen-bond donors (Lipinski definition) is 1. The Morgan fingerprint density at radius 1 is 1.16 bits per heavy atom. The van der Waals surface area contributed by atoms with Crippen LogP contribution in [0.25, 0.3) is 0 Å². The Hall–Kier alpha value is -1.91. The molecule has 25 heavy (non-hydrogen) atoms. The predicted octanol–water partition coefficient (Wildman–Crippen LogP) is 2.67. The van der Waals surface area contributed by atoms with Crippen molar-refractivity contribution in [1.29, 1.82) is 5.26 Å². The zero-order valence-corrected chi connectivity index (χ0v) is 15.6. The molecule has 7 heteroatoms. The van der Waals surface area contributed by atoms with Gasteiger partial charge in [-0.2, -0.15) is 9.57 Å². The van der Waals surface area contributed by atoms with Crippen molar-refractivity contribution in [3.63, 3.8) is 0 Å². The molecule has 1 aromatic carbocycles. The summed E-state index contributed by atoms with van der Waals surface area (Å²) in [6.45, 7) is 4.36. The molecule has 1 aromatic rings. The minimum absolute atomic E-state index is 0.167. The minimum atomic E-state index is -3.54. The fraction of sp³-hybridized carbons (Fsp3) is 0.556. The summed E-state index contributed by atoms with van der Waals surface area (Å²) in [7, 11) is -3.54. The van der Waals surface area contributed by atoms with Gasteiger partial charge in [-0.05, 0) is 37.1 Å². The molecule has 1 amide bonds. The van der Waals surface area contributed by atoms with Gasteiger partial charge in [0.2, 0.25) is 10.0 Å². The molecule has 0 spiro atoms. The second kappa shape index (κ2) is 7.98. The average Bonchev–Trinajstić information content (AvgIpc) is 2.63. The molecule has 0 heterocycles. The molecule has 0 saturated heterocycles. The highest BCUT2D eigenvalue weighted by Gasteiger charge is 2.34. The lowest BCUT2D eigenvalue weighted by atomic mass is 9.82. The van der Waals surface area contributed by atoms with Gasteiger partial charge in [0.1, 0.15) is 5.54 Å². The number of carbonyl (C=O) groups is 1. The molecule has 1 saturated carbocycles. The maximum absolute atomic E-state index is 12.5. The summed E-state index contributed by atoms with van der Waals surface area (Å²) in [6, 6.07) is 8.14. The first kappa shape index (κ1) is 19.4. The van der Waals surface area contributed by atoms with Crippen molar-refractivity contribution >= 4 is 15.9 Å². The molecule has 0 atom stereocenters. The number of rotatable bonds is 6. The summed E-state index contributed by atoms with van der Waals surface area (Å²) < 4.78 is 26.3. The van der Waals surface area contributed by atoms with Crippen molar-refractivity contribution in [2.24, 2.45) is 0 Å². The molecule has 2 rings (SSSR count). The second-order valence-corrected chi connectivity index (χ2v) is 8.26. The lowest BCUT2D eigenvalue weighted by Gasteiger charge is -2.31. The normalized spacial score (nSPS) is 17.0. The van der Waals surface area contributed by atoms with E-state index in [9.17, 15) is 18.5 Å². The first-order valence-electron chi connectivity index (χ1n) is 8.72. The second-order valence-electron chi connectivity index (χ2n) is 6.32. The van der Waals surface area contributed by atoms with Gasteiger partial charge in [-0.25, -0.2) is 8.42 Å². The molecule has 1 fully saturated rings. The molecule has 0 radical (unpaired) electrons. The van der Waals surface area contributed by atoms with Gasteiger partial charge in [0.05, 0.1) is 11.0 Å². The van der Waals surface area contributed by atoms with Crippen LogP contribution in [0.3, 0.4) is 0 Å². The fourth-order valence-corrected chi connectivity index (χ4v) is 4.66. The maximum Gasteiger partial charge on any atom is 0.252 e. The number of nitriles is 1. The van der Waals surface area contributed by atoms with Crippen molar-refractivity contribution < 1.29 is 13.2 Å². The highest BCUT2D eigenvalue weighted by Crippen LogP contribution is 2.28. The van der Waals surface area contributed by atoms with Crippen LogP contribution in [-0.2, 0) is 10.0 Å². The molecule has 1 N–H and O–H groups in total. The third kappa shape index (κ3) is 4.20. The quantitative estimate of drug-likeness (QED) is 0.841. The van der Waals surface area contributed by atoms with Crippen LogP contribution in [0.5, 0.6) is 0 Å². The molecular formula is C18H25N3O3S. The van der Waals surface area contributed by atoms with Crippen molar-refractivity contribution in [1.82, 2.24) is 9.62 Å². The first-order valence-corrected chi connectivity index (χ1v) is 10.2. The van der Waals surface area contributed by atoms with Crippen molar-refractivity contribution in [3.05, 3.63) is 29.8 Å². The van der Waals surface area contributed by atoms with Crippen LogP contribution in [0.15, 0.2) is 29.2 Å². The highest BCUT2D eigenvalue weighted by atomic mass is 32.2. The highest BCUT2D eigenvalue weighted by molar-refractivity contribution is 7.89. The summed E-state index contributed by atoms with van der Waals surface area (Å²) in [5, 5.41) is 12.3. The van der Waals surface area contributed by atoms with Gasteiger partial charge < -0.3 is 5.32 Å².